The van der Waals surface area contributed by atoms with Crippen LogP contribution in [0.4, 0.5) is 17.6 Å². The lowest BCUT2D eigenvalue weighted by Gasteiger charge is -2.05. The maximum atomic E-state index is 14.2. The summed E-state index contributed by atoms with van der Waals surface area (Å²) >= 11 is 0. The van der Waals surface area contributed by atoms with E-state index in [4.69, 9.17) is 0 Å². The number of unbranched alkanes of at least 4 members (excludes halogenated alkanes) is 5. The van der Waals surface area contributed by atoms with Crippen molar-refractivity contribution in [2.75, 3.05) is 0 Å². The van der Waals surface area contributed by atoms with Crippen LogP contribution in [0.15, 0.2) is 42.5 Å². The molecule has 0 aliphatic heterocycles. The molecule has 2 aromatic rings. The Labute approximate surface area is 158 Å². The molecule has 2 rings (SSSR count). The van der Waals surface area contributed by atoms with E-state index in [2.05, 4.69) is 6.92 Å². The molecule has 2 aromatic carbocycles. The Morgan fingerprint density at radius 3 is 2.04 bits per heavy atom. The Balaban J connectivity index is 1.85. The van der Waals surface area contributed by atoms with E-state index in [1.165, 1.54) is 19.3 Å². The van der Waals surface area contributed by atoms with Crippen molar-refractivity contribution in [3.8, 4) is 0 Å². The molecular weight excluding hydrogens is 352 g/mol. The van der Waals surface area contributed by atoms with Crippen LogP contribution in [0.25, 0.3) is 5.83 Å². The molecule has 0 nitrogen and oxygen atoms in total. The summed E-state index contributed by atoms with van der Waals surface area (Å²) in [6.45, 7) is 2.17. The van der Waals surface area contributed by atoms with E-state index in [1.807, 2.05) is 0 Å². The fourth-order valence-corrected chi connectivity index (χ4v) is 2.97. The van der Waals surface area contributed by atoms with Gasteiger partial charge in [0.25, 0.3) is 0 Å². The minimum atomic E-state index is -1.45. The van der Waals surface area contributed by atoms with Gasteiger partial charge in [-0.3, -0.25) is 0 Å². The third-order valence-corrected chi connectivity index (χ3v) is 4.61. The largest absolute Gasteiger partial charge is 0.207 e. The molecule has 0 spiro atoms. The van der Waals surface area contributed by atoms with Crippen molar-refractivity contribution in [1.29, 1.82) is 0 Å². The molecule has 27 heavy (non-hydrogen) atoms. The molecule has 0 aromatic heterocycles. The summed E-state index contributed by atoms with van der Waals surface area (Å²) in [6.07, 6.45) is 9.02. The minimum Gasteiger partial charge on any atom is -0.207 e. The highest BCUT2D eigenvalue weighted by molar-refractivity contribution is 5.59. The molecule has 0 bridgehead atoms. The van der Waals surface area contributed by atoms with Crippen LogP contribution in [-0.4, -0.2) is 0 Å². The first-order valence-electron chi connectivity index (χ1n) is 9.59. The number of aryl methyl sites for hydroxylation is 2. The fraction of sp³-hybridized carbons (Fsp3) is 0.391. The molecule has 0 radical (unpaired) electrons. The van der Waals surface area contributed by atoms with Gasteiger partial charge >= 0.3 is 0 Å². The molecule has 0 unspecified atom stereocenters. The van der Waals surface area contributed by atoms with Gasteiger partial charge in [0.1, 0.15) is 5.83 Å². The van der Waals surface area contributed by atoms with Crippen molar-refractivity contribution in [3.05, 3.63) is 76.6 Å². The highest BCUT2D eigenvalue weighted by Gasteiger charge is 2.10. The average Bonchev–Trinajstić information content (AvgIpc) is 2.67. The number of allylic oxidation sites excluding steroid dienone is 1. The second-order valence-electron chi connectivity index (χ2n) is 6.83. The maximum Gasteiger partial charge on any atom is 0.194 e. The SMILES string of the molecule is CCCCCCCC=C(F)c1ccc(CCc2cc(F)c(F)c(F)c2)cc1. The lowest BCUT2D eigenvalue weighted by molar-refractivity contribution is 0.445. The number of hydrogen-bond acceptors (Lipinski definition) is 0. The van der Waals surface area contributed by atoms with Crippen LogP contribution in [0.3, 0.4) is 0 Å². The molecule has 0 saturated heterocycles. The second kappa shape index (κ2) is 10.9. The van der Waals surface area contributed by atoms with Crippen LogP contribution < -0.4 is 0 Å². The van der Waals surface area contributed by atoms with E-state index in [-0.39, 0.29) is 5.83 Å². The maximum absolute atomic E-state index is 14.2. The first-order valence-corrected chi connectivity index (χ1v) is 9.59. The summed E-state index contributed by atoms with van der Waals surface area (Å²) in [5.41, 5.74) is 1.85. The smallest absolute Gasteiger partial charge is 0.194 e. The van der Waals surface area contributed by atoms with Crippen LogP contribution >= 0.6 is 0 Å². The normalized spacial score (nSPS) is 11.8. The van der Waals surface area contributed by atoms with Crippen molar-refractivity contribution < 1.29 is 17.6 Å². The third-order valence-electron chi connectivity index (χ3n) is 4.61. The first-order chi connectivity index (χ1) is 13.0. The van der Waals surface area contributed by atoms with E-state index < -0.39 is 17.5 Å². The van der Waals surface area contributed by atoms with Crippen molar-refractivity contribution in [2.24, 2.45) is 0 Å². The minimum absolute atomic E-state index is 0.222. The Hall–Kier alpha value is -2.10. The molecule has 146 valence electrons. The summed E-state index contributed by atoms with van der Waals surface area (Å²) in [6, 6.07) is 9.06. The third kappa shape index (κ3) is 6.85. The topological polar surface area (TPSA) is 0 Å². The monoisotopic (exact) mass is 378 g/mol. The van der Waals surface area contributed by atoms with E-state index in [0.717, 1.165) is 37.0 Å². The Bertz CT molecular complexity index is 724. The van der Waals surface area contributed by atoms with E-state index in [9.17, 15) is 17.6 Å². The van der Waals surface area contributed by atoms with Crippen molar-refractivity contribution in [2.45, 2.75) is 58.3 Å². The average molecular weight is 378 g/mol. The van der Waals surface area contributed by atoms with Gasteiger partial charge in [0, 0.05) is 5.56 Å². The molecule has 0 fully saturated rings. The number of hydrogen-bond donors (Lipinski definition) is 0. The number of rotatable bonds is 10. The Morgan fingerprint density at radius 1 is 0.815 bits per heavy atom. The first kappa shape index (κ1) is 21.2. The number of halogens is 4. The highest BCUT2D eigenvalue weighted by atomic mass is 19.2. The molecule has 0 aliphatic carbocycles. The standard InChI is InChI=1S/C23H26F4/c1-2-3-4-5-6-7-8-20(24)19-13-11-17(12-14-19)9-10-18-15-21(25)23(27)22(26)16-18/h8,11-16H,2-7,9-10H2,1H3. The van der Waals surface area contributed by atoms with Gasteiger partial charge in [-0.15, -0.1) is 0 Å². The summed E-state index contributed by atoms with van der Waals surface area (Å²) in [7, 11) is 0. The molecule has 0 atom stereocenters. The molecule has 0 N–H and O–H groups in total. The fourth-order valence-electron chi connectivity index (χ4n) is 2.97. The molecule has 0 heterocycles. The van der Waals surface area contributed by atoms with Crippen LogP contribution in [0.1, 0.15) is 62.1 Å². The van der Waals surface area contributed by atoms with E-state index >= 15 is 0 Å². The van der Waals surface area contributed by atoms with Crippen molar-refractivity contribution >= 4 is 5.83 Å². The molecule has 4 heteroatoms. The van der Waals surface area contributed by atoms with Gasteiger partial charge in [-0.2, -0.15) is 0 Å². The van der Waals surface area contributed by atoms with Gasteiger partial charge in [0.05, 0.1) is 0 Å². The van der Waals surface area contributed by atoms with Gasteiger partial charge in [0.15, 0.2) is 17.5 Å². The van der Waals surface area contributed by atoms with Gasteiger partial charge in [-0.05, 0) is 55.0 Å². The van der Waals surface area contributed by atoms with Crippen LogP contribution in [0, 0.1) is 17.5 Å². The summed E-state index contributed by atoms with van der Waals surface area (Å²) in [4.78, 5) is 0. The van der Waals surface area contributed by atoms with Gasteiger partial charge in [0.2, 0.25) is 0 Å². The van der Waals surface area contributed by atoms with Crippen LogP contribution in [0.5, 0.6) is 0 Å². The predicted molar refractivity (Wildman–Crippen MR) is 103 cm³/mol. The molecular formula is C23H26F4. The Kier molecular flexibility index (Phi) is 8.56. The summed E-state index contributed by atoms with van der Waals surface area (Å²) < 4.78 is 53.6. The van der Waals surface area contributed by atoms with E-state index in [1.54, 1.807) is 30.3 Å². The van der Waals surface area contributed by atoms with Crippen molar-refractivity contribution in [3.63, 3.8) is 0 Å². The zero-order valence-corrected chi connectivity index (χ0v) is 15.7. The number of benzene rings is 2. The summed E-state index contributed by atoms with van der Waals surface area (Å²) in [5, 5.41) is 0. The predicted octanol–water partition coefficient (Wildman–Crippen LogP) is 7.56. The lowest BCUT2D eigenvalue weighted by Crippen LogP contribution is -1.97. The second-order valence-corrected chi connectivity index (χ2v) is 6.83. The van der Waals surface area contributed by atoms with Crippen LogP contribution in [0.2, 0.25) is 0 Å². The highest BCUT2D eigenvalue weighted by Crippen LogP contribution is 2.20. The summed E-state index contributed by atoms with van der Waals surface area (Å²) in [5.74, 6) is -4.03. The van der Waals surface area contributed by atoms with Crippen LogP contribution in [-0.2, 0) is 12.8 Å². The zero-order chi connectivity index (χ0) is 19.6. The zero-order valence-electron chi connectivity index (χ0n) is 15.7. The Morgan fingerprint density at radius 2 is 1.41 bits per heavy atom. The van der Waals surface area contributed by atoms with Crippen molar-refractivity contribution in [1.82, 2.24) is 0 Å². The quantitative estimate of drug-likeness (QED) is 0.227. The van der Waals surface area contributed by atoms with Gasteiger partial charge < -0.3 is 0 Å². The molecule has 0 aliphatic rings. The van der Waals surface area contributed by atoms with Gasteiger partial charge in [-0.1, -0.05) is 56.9 Å². The molecule has 0 saturated carbocycles. The lowest BCUT2D eigenvalue weighted by atomic mass is 10.0. The van der Waals surface area contributed by atoms with Gasteiger partial charge in [-0.25, -0.2) is 17.6 Å². The van der Waals surface area contributed by atoms with E-state index in [0.29, 0.717) is 24.0 Å². The molecule has 0 amide bonds.